The maximum absolute atomic E-state index is 14.8. The molecule has 38 heavy (non-hydrogen) atoms. The molecule has 198 valence electrons. The van der Waals surface area contributed by atoms with Crippen LogP contribution in [0.3, 0.4) is 0 Å². The summed E-state index contributed by atoms with van der Waals surface area (Å²) in [5, 5.41) is -0.0165. The van der Waals surface area contributed by atoms with E-state index in [4.69, 9.17) is 16.6 Å². The van der Waals surface area contributed by atoms with Gasteiger partial charge in [-0.25, -0.2) is 14.4 Å². The molecule has 1 saturated heterocycles. The highest BCUT2D eigenvalue weighted by atomic mass is 35.5. The Morgan fingerprint density at radius 3 is 2.47 bits per heavy atom. The summed E-state index contributed by atoms with van der Waals surface area (Å²) in [6.07, 6.45) is 1.51. The number of piperazine rings is 1. The largest absolute Gasteiger partial charge is 0.349 e. The van der Waals surface area contributed by atoms with E-state index in [1.165, 1.54) is 11.0 Å². The first-order valence-corrected chi connectivity index (χ1v) is 12.8. The molecule has 2 aromatic carbocycles. The van der Waals surface area contributed by atoms with Gasteiger partial charge in [-0.3, -0.25) is 19.5 Å². The molecule has 10 heteroatoms. The lowest BCUT2D eigenvalue weighted by Crippen LogP contribution is -2.54. The average Bonchev–Trinajstić information content (AvgIpc) is 2.92. The standard InChI is InChI=1S/C28H30ClFN6O2/c1-18(2)20-9-6-8-12-23(20)36(17-38)28-25(27(31-4)35-14-13-34(16-37)15-19(35)3)32-26(29)24(33-28)21-10-5-7-11-22(21)30/h5-12,16-19H,13-15H2,1-4H3. The second-order valence-corrected chi connectivity index (χ2v) is 9.75. The van der Waals surface area contributed by atoms with Crippen LogP contribution in [0.2, 0.25) is 5.15 Å². The Bertz CT molecular complexity index is 1360. The number of aliphatic imine (C=N–C) groups is 1. The molecule has 1 unspecified atom stereocenters. The number of amides is 2. The van der Waals surface area contributed by atoms with Crippen molar-refractivity contribution in [3.8, 4) is 11.3 Å². The summed E-state index contributed by atoms with van der Waals surface area (Å²) in [5.74, 6) is 0.257. The van der Waals surface area contributed by atoms with Crippen LogP contribution in [0, 0.1) is 5.82 Å². The Labute approximate surface area is 226 Å². The van der Waals surface area contributed by atoms with E-state index in [2.05, 4.69) is 9.98 Å². The van der Waals surface area contributed by atoms with Gasteiger partial charge in [0, 0.05) is 38.3 Å². The van der Waals surface area contributed by atoms with E-state index in [1.54, 1.807) is 30.1 Å². The van der Waals surface area contributed by atoms with Crippen LogP contribution in [0.5, 0.6) is 0 Å². The Kier molecular flexibility index (Phi) is 8.36. The Hall–Kier alpha value is -3.85. The van der Waals surface area contributed by atoms with E-state index in [-0.39, 0.29) is 39.9 Å². The molecule has 0 saturated carbocycles. The number of amidine groups is 1. The summed E-state index contributed by atoms with van der Waals surface area (Å²) >= 11 is 6.63. The minimum atomic E-state index is -0.509. The highest BCUT2D eigenvalue weighted by Crippen LogP contribution is 2.36. The van der Waals surface area contributed by atoms with Gasteiger partial charge < -0.3 is 9.80 Å². The number of hydrogen-bond acceptors (Lipinski definition) is 5. The molecule has 1 aromatic heterocycles. The molecule has 0 N–H and O–H groups in total. The third-order valence-electron chi connectivity index (χ3n) is 6.62. The smallest absolute Gasteiger partial charge is 0.219 e. The fourth-order valence-corrected chi connectivity index (χ4v) is 4.96. The number of carbonyl (C=O) groups is 2. The molecule has 1 fully saturated rings. The SMILES string of the molecule is CN=C(c1nc(Cl)c(-c2ccccc2F)nc1N(C=O)c1ccccc1C(C)C)N1CCN(C=O)CC1C. The molecule has 0 bridgehead atoms. The number of anilines is 2. The lowest BCUT2D eigenvalue weighted by molar-refractivity contribution is -0.120. The van der Waals surface area contributed by atoms with Crippen molar-refractivity contribution in [2.75, 3.05) is 31.6 Å². The third kappa shape index (κ3) is 5.24. The van der Waals surface area contributed by atoms with Crippen molar-refractivity contribution in [3.63, 3.8) is 0 Å². The molecule has 4 rings (SSSR count). The van der Waals surface area contributed by atoms with Gasteiger partial charge in [-0.05, 0) is 36.6 Å². The summed E-state index contributed by atoms with van der Waals surface area (Å²) in [6, 6.07) is 13.6. The summed E-state index contributed by atoms with van der Waals surface area (Å²) in [5.41, 5.74) is 2.13. The second-order valence-electron chi connectivity index (χ2n) is 9.39. The highest BCUT2D eigenvalue weighted by molar-refractivity contribution is 6.32. The lowest BCUT2D eigenvalue weighted by Gasteiger charge is -2.40. The van der Waals surface area contributed by atoms with Crippen LogP contribution >= 0.6 is 11.6 Å². The van der Waals surface area contributed by atoms with Gasteiger partial charge in [0.05, 0.1) is 5.69 Å². The molecule has 0 spiro atoms. The molecule has 1 atom stereocenters. The maximum atomic E-state index is 14.8. The quantitative estimate of drug-likeness (QED) is 0.244. The summed E-state index contributed by atoms with van der Waals surface area (Å²) < 4.78 is 14.8. The van der Waals surface area contributed by atoms with Crippen LogP contribution in [-0.4, -0.2) is 71.1 Å². The van der Waals surface area contributed by atoms with Crippen molar-refractivity contribution in [1.29, 1.82) is 0 Å². The molecular formula is C28H30ClFN6O2. The molecule has 2 amide bonds. The predicted molar refractivity (Wildman–Crippen MR) is 147 cm³/mol. The van der Waals surface area contributed by atoms with E-state index in [0.29, 0.717) is 37.6 Å². The molecular weight excluding hydrogens is 507 g/mol. The third-order valence-corrected chi connectivity index (χ3v) is 6.88. The molecule has 1 aliphatic rings. The van der Waals surface area contributed by atoms with Crippen molar-refractivity contribution in [1.82, 2.24) is 19.8 Å². The number of para-hydroxylation sites is 1. The van der Waals surface area contributed by atoms with E-state index < -0.39 is 5.82 Å². The van der Waals surface area contributed by atoms with Gasteiger partial charge in [0.15, 0.2) is 22.5 Å². The molecule has 0 radical (unpaired) electrons. The predicted octanol–water partition coefficient (Wildman–Crippen LogP) is 4.89. The van der Waals surface area contributed by atoms with Gasteiger partial charge in [0.1, 0.15) is 11.5 Å². The fraction of sp³-hybridized carbons (Fsp3) is 0.321. The first kappa shape index (κ1) is 27.2. The Morgan fingerprint density at radius 2 is 1.84 bits per heavy atom. The van der Waals surface area contributed by atoms with Crippen LogP contribution in [0.4, 0.5) is 15.9 Å². The van der Waals surface area contributed by atoms with Crippen molar-refractivity contribution in [2.45, 2.75) is 32.7 Å². The number of nitrogens with zero attached hydrogens (tertiary/aromatic N) is 6. The van der Waals surface area contributed by atoms with Crippen LogP contribution in [0.1, 0.15) is 37.9 Å². The van der Waals surface area contributed by atoms with Crippen molar-refractivity contribution < 1.29 is 14.0 Å². The van der Waals surface area contributed by atoms with E-state index in [0.717, 1.165) is 12.0 Å². The minimum Gasteiger partial charge on any atom is -0.349 e. The second kappa shape index (κ2) is 11.7. The van der Waals surface area contributed by atoms with Gasteiger partial charge >= 0.3 is 0 Å². The van der Waals surface area contributed by atoms with Gasteiger partial charge in [0.2, 0.25) is 12.8 Å². The summed E-state index contributed by atoms with van der Waals surface area (Å²) in [4.78, 5) is 43.1. The molecule has 2 heterocycles. The fourth-order valence-electron chi connectivity index (χ4n) is 4.73. The summed E-state index contributed by atoms with van der Waals surface area (Å²) in [7, 11) is 1.63. The van der Waals surface area contributed by atoms with Crippen molar-refractivity contribution in [3.05, 3.63) is 70.8 Å². The van der Waals surface area contributed by atoms with Gasteiger partial charge in [-0.1, -0.05) is 55.8 Å². The number of halogens is 2. The minimum absolute atomic E-state index is 0.0165. The van der Waals surface area contributed by atoms with E-state index in [9.17, 15) is 14.0 Å². The maximum Gasteiger partial charge on any atom is 0.219 e. The van der Waals surface area contributed by atoms with Gasteiger partial charge in [-0.15, -0.1) is 0 Å². The van der Waals surface area contributed by atoms with Crippen LogP contribution in [-0.2, 0) is 9.59 Å². The summed E-state index contributed by atoms with van der Waals surface area (Å²) in [6.45, 7) is 7.56. The van der Waals surface area contributed by atoms with Crippen LogP contribution in [0.15, 0.2) is 53.5 Å². The first-order valence-electron chi connectivity index (χ1n) is 12.4. The van der Waals surface area contributed by atoms with Gasteiger partial charge in [-0.2, -0.15) is 0 Å². The average molecular weight is 537 g/mol. The first-order chi connectivity index (χ1) is 18.3. The highest BCUT2D eigenvalue weighted by Gasteiger charge is 2.32. The van der Waals surface area contributed by atoms with Gasteiger partial charge in [0.25, 0.3) is 0 Å². The Balaban J connectivity index is 1.96. The zero-order chi connectivity index (χ0) is 27.4. The monoisotopic (exact) mass is 536 g/mol. The number of rotatable bonds is 7. The van der Waals surface area contributed by atoms with Crippen LogP contribution in [0.25, 0.3) is 11.3 Å². The number of benzene rings is 2. The van der Waals surface area contributed by atoms with E-state index in [1.807, 2.05) is 49.9 Å². The zero-order valence-electron chi connectivity index (χ0n) is 21.8. The molecule has 3 aromatic rings. The van der Waals surface area contributed by atoms with Crippen molar-refractivity contribution >= 4 is 41.8 Å². The number of hydrogen-bond donors (Lipinski definition) is 0. The lowest BCUT2D eigenvalue weighted by atomic mass is 10.0. The molecule has 1 aliphatic heterocycles. The number of aromatic nitrogens is 2. The Morgan fingerprint density at radius 1 is 1.13 bits per heavy atom. The number of carbonyl (C=O) groups excluding carboxylic acids is 2. The topological polar surface area (TPSA) is 82.0 Å². The normalized spacial score (nSPS) is 16.1. The van der Waals surface area contributed by atoms with Crippen LogP contribution < -0.4 is 4.90 Å². The molecule has 8 nitrogen and oxygen atoms in total. The van der Waals surface area contributed by atoms with Crippen molar-refractivity contribution in [2.24, 2.45) is 4.99 Å². The van der Waals surface area contributed by atoms with E-state index >= 15 is 0 Å². The molecule has 0 aliphatic carbocycles. The zero-order valence-corrected chi connectivity index (χ0v) is 22.6.